The maximum Gasteiger partial charge on any atom is 0.472 e. The van der Waals surface area contributed by atoms with E-state index < -0.39 is 75.2 Å². The van der Waals surface area contributed by atoms with Gasteiger partial charge < -0.3 is 46.0 Å². The van der Waals surface area contributed by atoms with E-state index in [1.54, 1.807) is 6.08 Å². The van der Waals surface area contributed by atoms with Crippen molar-refractivity contribution in [2.24, 2.45) is 0 Å². The fourth-order valence-corrected chi connectivity index (χ4v) is 8.21. The first-order valence-electron chi connectivity index (χ1n) is 22.9. The Balaban J connectivity index is 2.58. The van der Waals surface area contributed by atoms with Crippen molar-refractivity contribution < 1.29 is 59.0 Å². The average molecular weight is 850 g/mol. The van der Waals surface area contributed by atoms with Gasteiger partial charge in [-0.2, -0.15) is 0 Å². The van der Waals surface area contributed by atoms with E-state index in [9.17, 15) is 50.0 Å². The second-order valence-electron chi connectivity index (χ2n) is 16.4. The Morgan fingerprint density at radius 3 is 1.47 bits per heavy atom. The number of hydrogen-bond donors (Lipinski definition) is 9. The number of amides is 1. The molecule has 0 spiro atoms. The van der Waals surface area contributed by atoms with E-state index in [0.29, 0.717) is 19.3 Å². The maximum atomic E-state index is 12.9. The molecular weight excluding hydrogens is 765 g/mol. The van der Waals surface area contributed by atoms with Crippen LogP contribution in [-0.4, -0.2) is 108 Å². The maximum absolute atomic E-state index is 12.9. The first-order chi connectivity index (χ1) is 27.8. The van der Waals surface area contributed by atoms with Gasteiger partial charge >= 0.3 is 7.82 Å². The first kappa shape index (κ1) is 54.8. The first-order valence-corrected chi connectivity index (χ1v) is 24.4. The smallest absolute Gasteiger partial charge is 0.393 e. The van der Waals surface area contributed by atoms with Gasteiger partial charge in [0.05, 0.1) is 31.3 Å². The molecule has 0 bridgehead atoms. The molecule has 1 amide bonds. The number of phosphoric acid groups is 1. The largest absolute Gasteiger partial charge is 0.472 e. The van der Waals surface area contributed by atoms with Crippen LogP contribution in [0.2, 0.25) is 0 Å². The van der Waals surface area contributed by atoms with Gasteiger partial charge in [-0.25, -0.2) is 4.57 Å². The molecule has 0 saturated heterocycles. The Morgan fingerprint density at radius 2 is 1.00 bits per heavy atom. The van der Waals surface area contributed by atoms with E-state index in [4.69, 9.17) is 9.05 Å². The lowest BCUT2D eigenvalue weighted by Crippen LogP contribution is -2.64. The number of allylic oxidation sites excluding steroid dienone is 3. The molecule has 58 heavy (non-hydrogen) atoms. The van der Waals surface area contributed by atoms with Gasteiger partial charge in [0.2, 0.25) is 5.91 Å². The minimum atomic E-state index is -5.14. The van der Waals surface area contributed by atoms with E-state index in [1.165, 1.54) is 115 Å². The molecular formula is C44H84NO12P. The van der Waals surface area contributed by atoms with Crippen molar-refractivity contribution in [3.63, 3.8) is 0 Å². The number of carbonyl (C=O) groups excluding carboxylic acids is 1. The summed E-state index contributed by atoms with van der Waals surface area (Å²) in [6, 6.07) is -1.25. The van der Waals surface area contributed by atoms with Crippen LogP contribution in [-0.2, 0) is 18.4 Å². The topological polar surface area (TPSA) is 226 Å². The monoisotopic (exact) mass is 850 g/mol. The molecule has 8 unspecified atom stereocenters. The number of aliphatic hydroxyl groups excluding tert-OH is 7. The SMILES string of the molecule is CCCCCCCC/C=C\CCCC(O)CC(=O)NC(COP(=O)(O)OC1C(O)C(O)C(O)C(O)C1O)C(O)/C=C/CCCCCCCCCCCCCCCCC. The summed E-state index contributed by atoms with van der Waals surface area (Å²) in [6.45, 7) is 3.71. The molecule has 0 aromatic carbocycles. The van der Waals surface area contributed by atoms with Gasteiger partial charge in [0.1, 0.15) is 36.6 Å². The van der Waals surface area contributed by atoms with Gasteiger partial charge in [-0.1, -0.05) is 160 Å². The molecule has 0 radical (unpaired) electrons. The molecule has 0 aliphatic heterocycles. The van der Waals surface area contributed by atoms with E-state index in [0.717, 1.165) is 38.5 Å². The zero-order valence-corrected chi connectivity index (χ0v) is 36.9. The van der Waals surface area contributed by atoms with Gasteiger partial charge in [-0.15, -0.1) is 0 Å². The molecule has 14 heteroatoms. The fraction of sp³-hybridized carbons (Fsp3) is 0.886. The van der Waals surface area contributed by atoms with Crippen LogP contribution in [0.4, 0.5) is 0 Å². The highest BCUT2D eigenvalue weighted by molar-refractivity contribution is 7.47. The highest BCUT2D eigenvalue weighted by Gasteiger charge is 2.51. The van der Waals surface area contributed by atoms with Gasteiger partial charge in [0, 0.05) is 0 Å². The summed E-state index contributed by atoms with van der Waals surface area (Å²) in [6.07, 6.45) is 22.8. The summed E-state index contributed by atoms with van der Waals surface area (Å²) >= 11 is 0. The molecule has 342 valence electrons. The Hall–Kier alpha value is -1.22. The van der Waals surface area contributed by atoms with Crippen molar-refractivity contribution in [2.45, 2.75) is 242 Å². The summed E-state index contributed by atoms with van der Waals surface area (Å²) in [5, 5.41) is 74.3. The molecule has 1 aliphatic rings. The normalized spacial score (nSPS) is 24.0. The third kappa shape index (κ3) is 26.2. The molecule has 0 heterocycles. The average Bonchev–Trinajstić information content (AvgIpc) is 3.19. The summed E-state index contributed by atoms with van der Waals surface area (Å²) < 4.78 is 22.8. The predicted octanol–water partition coefficient (Wildman–Crippen LogP) is 7.20. The van der Waals surface area contributed by atoms with Gasteiger partial charge in [-0.3, -0.25) is 13.8 Å². The minimum Gasteiger partial charge on any atom is -0.393 e. The Morgan fingerprint density at radius 1 is 0.603 bits per heavy atom. The van der Waals surface area contributed by atoms with Crippen LogP contribution in [0.1, 0.15) is 187 Å². The van der Waals surface area contributed by atoms with Crippen LogP contribution in [0.25, 0.3) is 0 Å². The third-order valence-electron chi connectivity index (χ3n) is 11.0. The summed E-state index contributed by atoms with van der Waals surface area (Å²) in [5.74, 6) is -0.610. The molecule has 1 rings (SSSR count). The highest BCUT2D eigenvalue weighted by Crippen LogP contribution is 2.47. The van der Waals surface area contributed by atoms with E-state index in [2.05, 4.69) is 31.3 Å². The fourth-order valence-electron chi connectivity index (χ4n) is 7.24. The molecule has 0 aromatic rings. The van der Waals surface area contributed by atoms with Crippen LogP contribution < -0.4 is 5.32 Å². The van der Waals surface area contributed by atoms with Crippen molar-refractivity contribution in [2.75, 3.05) is 6.61 Å². The van der Waals surface area contributed by atoms with Gasteiger partial charge in [-0.05, 0) is 44.9 Å². The molecule has 8 atom stereocenters. The number of unbranched alkanes of at least 4 members (excludes halogenated alkanes) is 22. The van der Waals surface area contributed by atoms with Crippen molar-refractivity contribution in [1.82, 2.24) is 5.32 Å². The summed E-state index contributed by atoms with van der Waals surface area (Å²) in [7, 11) is -5.14. The molecule has 1 fully saturated rings. The summed E-state index contributed by atoms with van der Waals surface area (Å²) in [5.41, 5.74) is 0. The van der Waals surface area contributed by atoms with Crippen LogP contribution in [0, 0.1) is 0 Å². The van der Waals surface area contributed by atoms with Crippen molar-refractivity contribution in [1.29, 1.82) is 0 Å². The van der Waals surface area contributed by atoms with Crippen molar-refractivity contribution >= 4 is 13.7 Å². The molecule has 13 nitrogen and oxygen atoms in total. The quantitative estimate of drug-likeness (QED) is 0.0172. The van der Waals surface area contributed by atoms with Crippen LogP contribution >= 0.6 is 7.82 Å². The second-order valence-corrected chi connectivity index (χ2v) is 17.8. The number of rotatable bonds is 37. The molecule has 0 aromatic heterocycles. The van der Waals surface area contributed by atoms with E-state index in [1.807, 2.05) is 0 Å². The second kappa shape index (κ2) is 34.4. The predicted molar refractivity (Wildman–Crippen MR) is 229 cm³/mol. The Labute approximate surface area is 350 Å². The number of aliphatic hydroxyl groups is 7. The van der Waals surface area contributed by atoms with Crippen LogP contribution in [0.15, 0.2) is 24.3 Å². The molecule has 1 saturated carbocycles. The van der Waals surface area contributed by atoms with Crippen LogP contribution in [0.3, 0.4) is 0 Å². The number of phosphoric ester groups is 1. The number of nitrogens with one attached hydrogen (secondary N) is 1. The van der Waals surface area contributed by atoms with Crippen LogP contribution in [0.5, 0.6) is 0 Å². The Kier molecular flexibility index (Phi) is 32.5. The molecule has 9 N–H and O–H groups in total. The Bertz CT molecular complexity index is 1100. The van der Waals surface area contributed by atoms with Crippen molar-refractivity contribution in [3.05, 3.63) is 24.3 Å². The molecule has 1 aliphatic carbocycles. The number of hydrogen-bond acceptors (Lipinski definition) is 11. The van der Waals surface area contributed by atoms with Crippen molar-refractivity contribution in [3.8, 4) is 0 Å². The van der Waals surface area contributed by atoms with E-state index >= 15 is 0 Å². The van der Waals surface area contributed by atoms with Gasteiger partial charge in [0.15, 0.2) is 0 Å². The highest BCUT2D eigenvalue weighted by atomic mass is 31.2. The lowest BCUT2D eigenvalue weighted by atomic mass is 9.85. The lowest BCUT2D eigenvalue weighted by molar-refractivity contribution is -0.220. The third-order valence-corrected chi connectivity index (χ3v) is 12.0. The number of carbonyl (C=O) groups is 1. The zero-order valence-electron chi connectivity index (χ0n) is 36.0. The standard InChI is InChI=1S/C44H84NO12P/c1-3-5-7-9-11-13-15-16-17-18-19-20-22-24-26-28-30-32-37(47)36(34-56-58(54,55)57-44-42(52)40(50)39(49)41(51)43(44)53)45-38(48)33-35(46)31-29-27-25-23-21-14-12-10-8-6-4-2/h23,25,30,32,35-37,39-44,46-47,49-53H,3-22,24,26-29,31,33-34H2,1-2H3,(H,45,48)(H,54,55)/b25-23-,32-30+. The zero-order chi connectivity index (χ0) is 43.0. The lowest BCUT2D eigenvalue weighted by Gasteiger charge is -2.41. The van der Waals surface area contributed by atoms with E-state index in [-0.39, 0.29) is 6.42 Å². The summed E-state index contributed by atoms with van der Waals surface area (Å²) in [4.78, 5) is 23.4. The van der Waals surface area contributed by atoms with Gasteiger partial charge in [0.25, 0.3) is 0 Å². The minimum absolute atomic E-state index is 0.265.